The van der Waals surface area contributed by atoms with E-state index in [1.807, 2.05) is 0 Å². The van der Waals surface area contributed by atoms with Gasteiger partial charge < -0.3 is 0 Å². The van der Waals surface area contributed by atoms with E-state index in [2.05, 4.69) is 0 Å². The Labute approximate surface area is 52.6 Å². The average Bonchev–Trinajstić information content (AvgIpc) is 1.61. The second kappa shape index (κ2) is 4.72. The first-order chi connectivity index (χ1) is 3.27. The van der Waals surface area contributed by atoms with E-state index in [4.69, 9.17) is 11.6 Å². The van der Waals surface area contributed by atoms with Gasteiger partial charge in [0.15, 0.2) is 0 Å². The van der Waals surface area contributed by atoms with Crippen molar-refractivity contribution in [2.45, 2.75) is 0 Å². The van der Waals surface area contributed by atoms with Gasteiger partial charge in [0.05, 0.1) is 0 Å². The van der Waals surface area contributed by atoms with Gasteiger partial charge in [-0.2, -0.15) is 0 Å². The van der Waals surface area contributed by atoms with Crippen LogP contribution in [0.2, 0.25) is 0 Å². The summed E-state index contributed by atoms with van der Waals surface area (Å²) in [5, 5.41) is 9.73. The summed E-state index contributed by atoms with van der Waals surface area (Å²) < 4.78 is 1.18. The molecule has 0 saturated heterocycles. The minimum atomic E-state index is -0.224. The van der Waals surface area contributed by atoms with Crippen LogP contribution in [-0.2, 0) is 0 Å². The summed E-state index contributed by atoms with van der Waals surface area (Å²) in [6.07, 6.45) is 0. The molecule has 0 aromatic rings. The summed E-state index contributed by atoms with van der Waals surface area (Å²) >= 11 is -0.109. The second-order valence-corrected chi connectivity index (χ2v) is 3.67. The number of hydrogen-bond acceptors (Lipinski definition) is 3. The van der Waals surface area contributed by atoms with Crippen LogP contribution >= 0.6 is 0 Å². The number of hydroxylamine groups is 1. The van der Waals surface area contributed by atoms with Crippen LogP contribution in [0.3, 0.4) is 0 Å². The van der Waals surface area contributed by atoms with Crippen molar-refractivity contribution >= 4 is 0 Å². The summed E-state index contributed by atoms with van der Waals surface area (Å²) in [6.45, 7) is 0. The summed E-state index contributed by atoms with van der Waals surface area (Å²) in [6, 6.07) is 0. The monoisotopic (exact) mass is 218 g/mol. The Balaban J connectivity index is 2.68. The zero-order valence-corrected chi connectivity index (χ0v) is 6.01. The van der Waals surface area contributed by atoms with Gasteiger partial charge in [0.2, 0.25) is 0 Å². The molecule has 0 bridgehead atoms. The fraction of sp³-hybridized carbons (Fsp3) is 1.00. The molecule has 0 saturated carbocycles. The van der Waals surface area contributed by atoms with Crippen LogP contribution in [-0.4, -0.2) is 9.10 Å². The summed E-state index contributed by atoms with van der Waals surface area (Å²) in [4.78, 5) is 0. The molecular weight excluding hydrogens is 209 g/mol. The maximum atomic E-state index is 9.95. The number of nitrogens with two attached hydrogens (primary N) is 2. The Kier molecular flexibility index (Phi) is 5.11. The SMILES string of the molecule is NC[I-]C[NH+](N)[O-]. The van der Waals surface area contributed by atoms with Gasteiger partial charge in [-0.1, -0.05) is 0 Å². The molecule has 0 radical (unpaired) electrons. The molecule has 0 aliphatic carbocycles. The van der Waals surface area contributed by atoms with Crippen molar-refractivity contribution in [3.8, 4) is 0 Å². The molecule has 0 aliphatic heterocycles. The molecule has 0 aromatic heterocycles. The quantitative estimate of drug-likeness (QED) is 0.145. The van der Waals surface area contributed by atoms with Crippen LogP contribution in [0.15, 0.2) is 0 Å². The number of rotatable bonds is 3. The van der Waals surface area contributed by atoms with Crippen LogP contribution in [0.4, 0.5) is 0 Å². The summed E-state index contributed by atoms with van der Waals surface area (Å²) in [7, 11) is 0. The van der Waals surface area contributed by atoms with E-state index >= 15 is 0 Å². The zero-order chi connectivity index (χ0) is 5.70. The van der Waals surface area contributed by atoms with Gasteiger partial charge in [0, 0.05) is 0 Å². The number of alkyl halides is 2. The third-order valence-corrected chi connectivity index (χ3v) is 2.25. The van der Waals surface area contributed by atoms with Gasteiger partial charge in [-0.15, -0.1) is 0 Å². The van der Waals surface area contributed by atoms with Crippen molar-refractivity contribution < 1.29 is 26.4 Å². The van der Waals surface area contributed by atoms with Crippen molar-refractivity contribution in [1.82, 2.24) is 0 Å². The Morgan fingerprint density at radius 2 is 2.29 bits per heavy atom. The molecule has 0 amide bonds. The molecule has 0 heterocycles. The van der Waals surface area contributed by atoms with Crippen molar-refractivity contribution in [3.05, 3.63) is 5.21 Å². The van der Waals surface area contributed by atoms with Crippen LogP contribution in [0.1, 0.15) is 0 Å². The number of quaternary nitrogens is 1. The first-order valence-electron chi connectivity index (χ1n) is 1.79. The van der Waals surface area contributed by atoms with E-state index in [0.717, 1.165) is 0 Å². The zero-order valence-electron chi connectivity index (χ0n) is 3.86. The predicted molar refractivity (Wildman–Crippen MR) is 22.4 cm³/mol. The van der Waals surface area contributed by atoms with E-state index < -0.39 is 0 Å². The van der Waals surface area contributed by atoms with Gasteiger partial charge in [-0.3, -0.25) is 0 Å². The second-order valence-electron chi connectivity index (χ2n) is 0.943. The maximum absolute atomic E-state index is 9.95. The number of hydrogen-bond donors (Lipinski definition) is 3. The molecule has 0 fully saturated rings. The fourth-order valence-electron chi connectivity index (χ4n) is 0.148. The van der Waals surface area contributed by atoms with E-state index in [1.165, 1.54) is 0 Å². The molecule has 0 rings (SSSR count). The summed E-state index contributed by atoms with van der Waals surface area (Å²) in [5.74, 6) is 4.81. The van der Waals surface area contributed by atoms with Crippen LogP contribution in [0, 0.1) is 5.21 Å². The van der Waals surface area contributed by atoms with Gasteiger partial charge in [0.25, 0.3) is 0 Å². The van der Waals surface area contributed by atoms with Crippen LogP contribution in [0.25, 0.3) is 0 Å². The van der Waals surface area contributed by atoms with E-state index in [9.17, 15) is 5.21 Å². The molecule has 1 atom stereocenters. The molecule has 4 nitrogen and oxygen atoms in total. The normalized spacial score (nSPS) is 14.7. The minimum absolute atomic E-state index is 0.109. The molecule has 0 aliphatic rings. The predicted octanol–water partition coefficient (Wildman–Crippen LogP) is -5.79. The van der Waals surface area contributed by atoms with Crippen molar-refractivity contribution in [2.75, 3.05) is 9.10 Å². The van der Waals surface area contributed by atoms with E-state index in [0.29, 0.717) is 9.10 Å². The Hall–Kier alpha value is 0.570. The molecule has 5 N–H and O–H groups in total. The number of halogens is 1. The average molecular weight is 218 g/mol. The third-order valence-electron chi connectivity index (χ3n) is 0.335. The molecular formula is C2H9IN3O-. The Morgan fingerprint density at radius 1 is 1.71 bits per heavy atom. The van der Waals surface area contributed by atoms with E-state index in [-0.39, 0.29) is 26.4 Å². The van der Waals surface area contributed by atoms with Crippen molar-refractivity contribution in [3.63, 3.8) is 0 Å². The number of nitrogens with one attached hydrogen (secondary N) is 1. The first-order valence-corrected chi connectivity index (χ1v) is 4.84. The van der Waals surface area contributed by atoms with Crippen molar-refractivity contribution in [1.29, 1.82) is 0 Å². The standard InChI is InChI=1S/C2H9IN3O/c4-1-3-2-6(5)7/h6H,1-2,4-5H2/q-1. The van der Waals surface area contributed by atoms with Crippen LogP contribution in [0.5, 0.6) is 0 Å². The molecule has 5 heteroatoms. The summed E-state index contributed by atoms with van der Waals surface area (Å²) in [5.41, 5.74) is 5.12. The van der Waals surface area contributed by atoms with Gasteiger partial charge in [-0.25, -0.2) is 0 Å². The third kappa shape index (κ3) is 6.57. The fourth-order valence-corrected chi connectivity index (χ4v) is 0.991. The van der Waals surface area contributed by atoms with Gasteiger partial charge >= 0.3 is 52.3 Å². The topological polar surface area (TPSA) is 79.5 Å². The van der Waals surface area contributed by atoms with Gasteiger partial charge in [0.1, 0.15) is 0 Å². The van der Waals surface area contributed by atoms with Crippen LogP contribution < -0.4 is 38.0 Å². The molecule has 1 unspecified atom stereocenters. The molecule has 0 spiro atoms. The molecule has 0 aromatic carbocycles. The molecule has 7 heavy (non-hydrogen) atoms. The Morgan fingerprint density at radius 3 is 2.43 bits per heavy atom. The first kappa shape index (κ1) is 7.57. The molecule has 46 valence electrons. The van der Waals surface area contributed by atoms with Crippen molar-refractivity contribution in [2.24, 2.45) is 11.6 Å². The van der Waals surface area contributed by atoms with Gasteiger partial charge in [-0.05, 0) is 0 Å². The van der Waals surface area contributed by atoms with E-state index in [1.54, 1.807) is 0 Å². The Bertz CT molecular complexity index is 41.9.